The van der Waals surface area contributed by atoms with Crippen molar-refractivity contribution in [1.29, 1.82) is 0 Å². The molecule has 0 aliphatic carbocycles. The largest absolute Gasteiger partial charge is 0.300 e. The van der Waals surface area contributed by atoms with E-state index in [1.807, 2.05) is 66.7 Å². The molecule has 7 heteroatoms. The lowest BCUT2D eigenvalue weighted by Crippen LogP contribution is -2.34. The molecule has 0 saturated carbocycles. The number of anilines is 1. The van der Waals surface area contributed by atoms with Crippen LogP contribution in [0.3, 0.4) is 0 Å². The monoisotopic (exact) mass is 454 g/mol. The van der Waals surface area contributed by atoms with Gasteiger partial charge in [-0.1, -0.05) is 34.1 Å². The minimum absolute atomic E-state index is 0.158. The number of hydrazine groups is 1. The first-order valence-corrected chi connectivity index (χ1v) is 10.4. The van der Waals surface area contributed by atoms with Gasteiger partial charge in [0.25, 0.3) is 0 Å². The van der Waals surface area contributed by atoms with Crippen molar-refractivity contribution in [1.82, 2.24) is 10.4 Å². The lowest BCUT2D eigenvalue weighted by molar-refractivity contribution is -0.111. The number of para-hydroxylation sites is 1. The normalized spacial score (nSPS) is 11.1. The van der Waals surface area contributed by atoms with E-state index in [2.05, 4.69) is 36.8 Å². The molecule has 2 N–H and O–H groups in total. The van der Waals surface area contributed by atoms with Crippen molar-refractivity contribution in [3.63, 3.8) is 0 Å². The fourth-order valence-corrected chi connectivity index (χ4v) is 3.46. The number of aromatic nitrogens is 1. The lowest BCUT2D eigenvalue weighted by atomic mass is 10.3. The van der Waals surface area contributed by atoms with Gasteiger partial charge in [0.1, 0.15) is 0 Å². The standard InChI is InChI=1S/C21H19BrN4OS/c1-15(27)21(26-25-17-11-9-16(22)10-12-17)24-19-7-2-3-8-20(19)28-14-18-6-4-5-13-23-18/h2-13,25H,14H2,1H3,(H,24,26). The number of halogens is 1. The van der Waals surface area contributed by atoms with Crippen LogP contribution in [0.2, 0.25) is 0 Å². The average molecular weight is 455 g/mol. The van der Waals surface area contributed by atoms with Crippen molar-refractivity contribution in [2.75, 3.05) is 5.43 Å². The minimum Gasteiger partial charge on any atom is -0.300 e. The number of hydrogen-bond acceptors (Lipinski definition) is 5. The van der Waals surface area contributed by atoms with Crippen molar-refractivity contribution in [2.45, 2.75) is 17.6 Å². The molecule has 3 aromatic rings. The zero-order chi connectivity index (χ0) is 19.8. The topological polar surface area (TPSA) is 66.4 Å². The Kier molecular flexibility index (Phi) is 7.22. The number of carbonyl (C=O) groups is 1. The van der Waals surface area contributed by atoms with Gasteiger partial charge in [-0.15, -0.1) is 11.8 Å². The summed E-state index contributed by atoms with van der Waals surface area (Å²) in [7, 11) is 0. The van der Waals surface area contributed by atoms with Crippen molar-refractivity contribution in [3.8, 4) is 0 Å². The molecular formula is C21H19BrN4OS. The number of nitrogens with zero attached hydrogens (tertiary/aromatic N) is 2. The zero-order valence-electron chi connectivity index (χ0n) is 15.2. The molecule has 0 aliphatic rings. The maximum atomic E-state index is 12.1. The highest BCUT2D eigenvalue weighted by Gasteiger charge is 2.09. The van der Waals surface area contributed by atoms with Gasteiger partial charge in [-0.25, -0.2) is 4.99 Å². The molecule has 0 unspecified atom stereocenters. The molecule has 28 heavy (non-hydrogen) atoms. The van der Waals surface area contributed by atoms with Crippen LogP contribution in [0.1, 0.15) is 12.6 Å². The fourth-order valence-electron chi connectivity index (χ4n) is 2.29. The number of thioether (sulfide) groups is 1. The van der Waals surface area contributed by atoms with Crippen molar-refractivity contribution in [2.24, 2.45) is 4.99 Å². The Balaban J connectivity index is 1.74. The van der Waals surface area contributed by atoms with Gasteiger partial charge >= 0.3 is 0 Å². The number of hydrogen-bond donors (Lipinski definition) is 2. The summed E-state index contributed by atoms with van der Waals surface area (Å²) in [6.45, 7) is 1.48. The smallest absolute Gasteiger partial charge is 0.196 e. The summed E-state index contributed by atoms with van der Waals surface area (Å²) in [5, 5.41) is 0. The molecule has 3 rings (SSSR count). The predicted molar refractivity (Wildman–Crippen MR) is 119 cm³/mol. The van der Waals surface area contributed by atoms with E-state index >= 15 is 0 Å². The van der Waals surface area contributed by atoms with Gasteiger partial charge in [0.2, 0.25) is 0 Å². The third-order valence-electron chi connectivity index (χ3n) is 3.70. The number of nitrogens with one attached hydrogen (secondary N) is 2. The van der Waals surface area contributed by atoms with Crippen LogP contribution in [0, 0.1) is 0 Å². The van der Waals surface area contributed by atoms with E-state index in [4.69, 9.17) is 0 Å². The Labute approximate surface area is 176 Å². The first kappa shape index (κ1) is 20.1. The molecule has 0 fully saturated rings. The van der Waals surface area contributed by atoms with E-state index in [1.54, 1.807) is 18.0 Å². The molecule has 1 aromatic heterocycles. The number of ketones is 1. The molecule has 142 valence electrons. The fraction of sp³-hybridized carbons (Fsp3) is 0.0952. The maximum Gasteiger partial charge on any atom is 0.196 e. The molecule has 0 atom stereocenters. The van der Waals surface area contributed by atoms with Gasteiger partial charge in [-0.2, -0.15) is 0 Å². The molecular weight excluding hydrogens is 436 g/mol. The van der Waals surface area contributed by atoms with Crippen molar-refractivity contribution >= 4 is 50.7 Å². The number of carbonyl (C=O) groups excluding carboxylic acids is 1. The third kappa shape index (κ3) is 5.94. The highest BCUT2D eigenvalue weighted by molar-refractivity contribution is 9.10. The molecule has 0 saturated heterocycles. The van der Waals surface area contributed by atoms with Crippen LogP contribution in [-0.4, -0.2) is 16.6 Å². The summed E-state index contributed by atoms with van der Waals surface area (Å²) in [6, 6.07) is 21.2. The Morgan fingerprint density at radius 1 is 1.07 bits per heavy atom. The lowest BCUT2D eigenvalue weighted by Gasteiger charge is -2.11. The van der Waals surface area contributed by atoms with Gasteiger partial charge in [0.05, 0.1) is 17.1 Å². The molecule has 0 bridgehead atoms. The number of benzene rings is 2. The van der Waals surface area contributed by atoms with E-state index in [-0.39, 0.29) is 11.6 Å². The van der Waals surface area contributed by atoms with Crippen LogP contribution >= 0.6 is 27.7 Å². The van der Waals surface area contributed by atoms with Gasteiger partial charge in [-0.3, -0.25) is 20.6 Å². The minimum atomic E-state index is -0.158. The van der Waals surface area contributed by atoms with Crippen molar-refractivity contribution < 1.29 is 4.79 Å². The number of rotatable bonds is 7. The highest BCUT2D eigenvalue weighted by Crippen LogP contribution is 2.31. The van der Waals surface area contributed by atoms with E-state index in [0.717, 1.165) is 32.2 Å². The van der Waals surface area contributed by atoms with Crippen LogP contribution in [0.25, 0.3) is 0 Å². The summed E-state index contributed by atoms with van der Waals surface area (Å²) < 4.78 is 0.984. The van der Waals surface area contributed by atoms with E-state index in [0.29, 0.717) is 0 Å². The second-order valence-electron chi connectivity index (χ2n) is 5.85. The van der Waals surface area contributed by atoms with Gasteiger partial charge < -0.3 is 0 Å². The second-order valence-corrected chi connectivity index (χ2v) is 7.78. The maximum absolute atomic E-state index is 12.1. The SMILES string of the molecule is CC(=O)C(=Nc1ccccc1SCc1ccccn1)NNc1ccc(Br)cc1. The molecule has 2 aromatic carbocycles. The molecule has 0 amide bonds. The molecule has 0 aliphatic heterocycles. The summed E-state index contributed by atoms with van der Waals surface area (Å²) >= 11 is 5.04. The Bertz CT molecular complexity index is 962. The molecule has 1 heterocycles. The van der Waals surface area contributed by atoms with Gasteiger partial charge in [0, 0.05) is 28.2 Å². The number of aliphatic imine (C=N–C) groups is 1. The van der Waals surface area contributed by atoms with E-state index < -0.39 is 0 Å². The molecule has 5 nitrogen and oxygen atoms in total. The first-order valence-electron chi connectivity index (χ1n) is 8.61. The Morgan fingerprint density at radius 2 is 1.82 bits per heavy atom. The summed E-state index contributed by atoms with van der Waals surface area (Å²) in [5.41, 5.74) is 8.49. The van der Waals surface area contributed by atoms with Crippen LogP contribution in [-0.2, 0) is 10.5 Å². The highest BCUT2D eigenvalue weighted by atomic mass is 79.9. The second kappa shape index (κ2) is 10.1. The summed E-state index contributed by atoms with van der Waals surface area (Å²) in [6.07, 6.45) is 1.78. The average Bonchev–Trinajstić information content (AvgIpc) is 2.72. The Hall–Kier alpha value is -2.64. The number of Topliss-reactive ketones (excluding diaryl/α,β-unsaturated/α-hetero) is 1. The number of pyridine rings is 1. The first-order chi connectivity index (χ1) is 13.6. The van der Waals surface area contributed by atoms with Gasteiger partial charge in [0.15, 0.2) is 11.6 Å². The molecule has 0 spiro atoms. The quantitative estimate of drug-likeness (QED) is 0.217. The van der Waals surface area contributed by atoms with E-state index in [9.17, 15) is 4.79 Å². The zero-order valence-corrected chi connectivity index (χ0v) is 17.6. The number of amidine groups is 1. The van der Waals surface area contributed by atoms with Crippen LogP contribution in [0.4, 0.5) is 11.4 Å². The van der Waals surface area contributed by atoms with Crippen LogP contribution in [0.15, 0.2) is 87.3 Å². The van der Waals surface area contributed by atoms with Crippen LogP contribution in [0.5, 0.6) is 0 Å². The summed E-state index contributed by atoms with van der Waals surface area (Å²) in [5.74, 6) is 0.816. The molecule has 0 radical (unpaired) electrons. The van der Waals surface area contributed by atoms with Crippen molar-refractivity contribution in [3.05, 3.63) is 83.1 Å². The van der Waals surface area contributed by atoms with E-state index in [1.165, 1.54) is 6.92 Å². The van der Waals surface area contributed by atoms with Crippen LogP contribution < -0.4 is 10.9 Å². The predicted octanol–water partition coefficient (Wildman–Crippen LogP) is 5.37. The Morgan fingerprint density at radius 3 is 2.54 bits per heavy atom. The van der Waals surface area contributed by atoms with Gasteiger partial charge in [-0.05, 0) is 48.5 Å². The summed E-state index contributed by atoms with van der Waals surface area (Å²) in [4.78, 5) is 21.9. The third-order valence-corrected chi connectivity index (χ3v) is 5.33.